The van der Waals surface area contributed by atoms with E-state index < -0.39 is 36.6 Å². The summed E-state index contributed by atoms with van der Waals surface area (Å²) in [7, 11) is 0. The van der Waals surface area contributed by atoms with Crippen molar-refractivity contribution in [2.75, 3.05) is 13.1 Å². The summed E-state index contributed by atoms with van der Waals surface area (Å²) < 4.78 is 54.0. The highest BCUT2D eigenvalue weighted by Gasteiger charge is 2.57. The summed E-state index contributed by atoms with van der Waals surface area (Å²) in [6, 6.07) is 3.58. The number of nitrogens with zero attached hydrogens (tertiary/aromatic N) is 3. The highest BCUT2D eigenvalue weighted by molar-refractivity contribution is 5.74. The number of hydrogen-bond acceptors (Lipinski definition) is 3. The number of carbonyl (C=O) groups excluding carboxylic acids is 1. The summed E-state index contributed by atoms with van der Waals surface area (Å²) in [5.41, 5.74) is -2.15. The van der Waals surface area contributed by atoms with Crippen molar-refractivity contribution in [3.8, 4) is 5.69 Å². The fraction of sp³-hybridized carbons (Fsp3) is 0.375. The molecule has 1 aliphatic heterocycles. The fourth-order valence-corrected chi connectivity index (χ4v) is 2.76. The van der Waals surface area contributed by atoms with E-state index in [1.54, 1.807) is 12.3 Å². The average Bonchev–Trinajstić information content (AvgIpc) is 3.22. The number of carbonyl (C=O) groups is 1. The van der Waals surface area contributed by atoms with Gasteiger partial charge in [-0.3, -0.25) is 0 Å². The Bertz CT molecular complexity index is 794. The predicted molar refractivity (Wildman–Crippen MR) is 83.0 cm³/mol. The Labute approximate surface area is 146 Å². The van der Waals surface area contributed by atoms with E-state index in [9.17, 15) is 27.5 Å². The number of amides is 2. The molecule has 1 unspecified atom stereocenters. The van der Waals surface area contributed by atoms with Crippen molar-refractivity contribution >= 4 is 6.03 Å². The van der Waals surface area contributed by atoms with Crippen LogP contribution in [0.5, 0.6) is 0 Å². The monoisotopic (exact) mass is 372 g/mol. The van der Waals surface area contributed by atoms with Crippen LogP contribution in [0.25, 0.3) is 5.69 Å². The number of aliphatic hydroxyl groups is 1. The van der Waals surface area contributed by atoms with Crippen LogP contribution in [0, 0.1) is 5.82 Å². The number of likely N-dealkylation sites (tertiary alicyclic amines) is 1. The van der Waals surface area contributed by atoms with Gasteiger partial charge in [0.2, 0.25) is 0 Å². The zero-order chi connectivity index (χ0) is 18.9. The minimum atomic E-state index is -4.80. The minimum Gasteiger partial charge on any atom is -0.379 e. The quantitative estimate of drug-likeness (QED) is 0.812. The minimum absolute atomic E-state index is 0.0547. The standard InChI is InChI=1S/C16H16F4N4O2/c17-12-7-11(1-2-13(12)24-6-4-21-10-24)8-22-14(25)23-5-3-15(26,9-23)16(18,19)20/h1-2,4,6-7,10,26H,3,5,8-9H2,(H,22,25). The van der Waals surface area contributed by atoms with Crippen LogP contribution < -0.4 is 5.32 Å². The maximum Gasteiger partial charge on any atom is 0.419 e. The molecule has 26 heavy (non-hydrogen) atoms. The number of hydrogen-bond donors (Lipinski definition) is 2. The van der Waals surface area contributed by atoms with Crippen molar-refractivity contribution in [1.29, 1.82) is 0 Å². The van der Waals surface area contributed by atoms with Gasteiger partial charge in [-0.2, -0.15) is 13.2 Å². The summed E-state index contributed by atoms with van der Waals surface area (Å²) in [6.45, 7) is -1.09. The molecule has 1 aliphatic rings. The van der Waals surface area contributed by atoms with Gasteiger partial charge in [-0.25, -0.2) is 14.2 Å². The Morgan fingerprint density at radius 1 is 1.38 bits per heavy atom. The Hall–Kier alpha value is -2.62. The SMILES string of the molecule is O=C(NCc1ccc(-n2ccnc2)c(F)c1)N1CCC(O)(C(F)(F)F)C1. The molecule has 6 nitrogen and oxygen atoms in total. The topological polar surface area (TPSA) is 70.4 Å². The van der Waals surface area contributed by atoms with Gasteiger partial charge < -0.3 is 19.9 Å². The molecular weight excluding hydrogens is 356 g/mol. The van der Waals surface area contributed by atoms with Gasteiger partial charge in [0, 0.05) is 31.9 Å². The highest BCUT2D eigenvalue weighted by Crippen LogP contribution is 2.37. The number of benzene rings is 1. The van der Waals surface area contributed by atoms with Crippen LogP contribution in [0.3, 0.4) is 0 Å². The van der Waals surface area contributed by atoms with E-state index in [-0.39, 0.29) is 18.8 Å². The predicted octanol–water partition coefficient (Wildman–Crippen LogP) is 2.22. The van der Waals surface area contributed by atoms with Gasteiger partial charge in [-0.05, 0) is 17.7 Å². The van der Waals surface area contributed by atoms with Crippen LogP contribution >= 0.6 is 0 Å². The third-order valence-electron chi connectivity index (χ3n) is 4.30. The summed E-state index contributed by atoms with van der Waals surface area (Å²) in [6.07, 6.45) is -0.845. The van der Waals surface area contributed by atoms with E-state index in [1.807, 2.05) is 0 Å². The second-order valence-electron chi connectivity index (χ2n) is 6.12. The van der Waals surface area contributed by atoms with Crippen molar-refractivity contribution < 1.29 is 27.5 Å². The van der Waals surface area contributed by atoms with Gasteiger partial charge in [-0.1, -0.05) is 6.07 Å². The Kier molecular flexibility index (Phi) is 4.61. The second kappa shape index (κ2) is 6.60. The molecule has 140 valence electrons. The normalized spacial score (nSPS) is 20.4. The number of imidazole rings is 1. The third kappa shape index (κ3) is 3.50. The van der Waals surface area contributed by atoms with Crippen LogP contribution in [0.2, 0.25) is 0 Å². The van der Waals surface area contributed by atoms with E-state index in [2.05, 4.69) is 10.3 Å². The number of nitrogens with one attached hydrogen (secondary N) is 1. The molecule has 1 atom stereocenters. The third-order valence-corrected chi connectivity index (χ3v) is 4.30. The van der Waals surface area contributed by atoms with Gasteiger partial charge in [0.05, 0.1) is 18.6 Å². The fourth-order valence-electron chi connectivity index (χ4n) is 2.76. The van der Waals surface area contributed by atoms with E-state index in [0.29, 0.717) is 5.56 Å². The van der Waals surface area contributed by atoms with Crippen molar-refractivity contribution in [2.45, 2.75) is 24.7 Å². The van der Waals surface area contributed by atoms with Gasteiger partial charge in [0.15, 0.2) is 5.60 Å². The molecule has 2 N–H and O–H groups in total. The Morgan fingerprint density at radius 3 is 2.73 bits per heavy atom. The number of alkyl halides is 3. The Morgan fingerprint density at radius 2 is 2.15 bits per heavy atom. The van der Waals surface area contributed by atoms with Crippen LogP contribution in [-0.2, 0) is 6.54 Å². The molecule has 3 rings (SSSR count). The van der Waals surface area contributed by atoms with Crippen LogP contribution in [0.15, 0.2) is 36.9 Å². The number of halogens is 4. The lowest BCUT2D eigenvalue weighted by molar-refractivity contribution is -0.253. The van der Waals surface area contributed by atoms with E-state index in [0.717, 1.165) is 4.90 Å². The average molecular weight is 372 g/mol. The smallest absolute Gasteiger partial charge is 0.379 e. The summed E-state index contributed by atoms with van der Waals surface area (Å²) in [5, 5.41) is 12.0. The van der Waals surface area contributed by atoms with Crippen molar-refractivity contribution in [3.05, 3.63) is 48.3 Å². The first-order valence-corrected chi connectivity index (χ1v) is 7.78. The number of β-amino-alcohol motifs (C(OH)–C–C–N with tert-alkyl or cyclic N) is 1. The molecule has 2 aromatic rings. The van der Waals surface area contributed by atoms with Crippen molar-refractivity contribution in [1.82, 2.24) is 19.8 Å². The van der Waals surface area contributed by atoms with E-state index in [1.165, 1.54) is 29.2 Å². The van der Waals surface area contributed by atoms with Crippen molar-refractivity contribution in [2.24, 2.45) is 0 Å². The Balaban J connectivity index is 1.60. The molecule has 1 saturated heterocycles. The molecule has 1 fully saturated rings. The molecule has 2 amide bonds. The molecular formula is C16H16F4N4O2. The molecule has 0 bridgehead atoms. The molecule has 10 heteroatoms. The van der Waals surface area contributed by atoms with E-state index in [4.69, 9.17) is 0 Å². The highest BCUT2D eigenvalue weighted by atomic mass is 19.4. The molecule has 2 heterocycles. The van der Waals surface area contributed by atoms with Gasteiger partial charge in [0.25, 0.3) is 0 Å². The van der Waals surface area contributed by atoms with Gasteiger partial charge in [0.1, 0.15) is 5.82 Å². The molecule has 0 saturated carbocycles. The maximum absolute atomic E-state index is 14.1. The lowest BCUT2D eigenvalue weighted by Crippen LogP contribution is -2.49. The number of urea groups is 1. The van der Waals surface area contributed by atoms with Crippen LogP contribution in [0.1, 0.15) is 12.0 Å². The molecule has 0 radical (unpaired) electrons. The largest absolute Gasteiger partial charge is 0.419 e. The second-order valence-corrected chi connectivity index (χ2v) is 6.12. The number of aromatic nitrogens is 2. The summed E-state index contributed by atoms with van der Waals surface area (Å²) in [5.74, 6) is -0.526. The van der Waals surface area contributed by atoms with E-state index >= 15 is 0 Å². The first-order chi connectivity index (χ1) is 12.2. The maximum atomic E-state index is 14.1. The van der Waals surface area contributed by atoms with Crippen LogP contribution in [0.4, 0.5) is 22.4 Å². The zero-order valence-corrected chi connectivity index (χ0v) is 13.5. The molecule has 0 aliphatic carbocycles. The number of rotatable bonds is 3. The molecule has 1 aromatic carbocycles. The molecule has 1 aromatic heterocycles. The van der Waals surface area contributed by atoms with Crippen LogP contribution in [-0.4, -0.2) is 50.5 Å². The van der Waals surface area contributed by atoms with Gasteiger partial charge >= 0.3 is 12.2 Å². The first-order valence-electron chi connectivity index (χ1n) is 7.78. The zero-order valence-electron chi connectivity index (χ0n) is 13.5. The molecule has 0 spiro atoms. The summed E-state index contributed by atoms with van der Waals surface area (Å²) in [4.78, 5) is 16.7. The lowest BCUT2D eigenvalue weighted by Gasteiger charge is -2.26. The van der Waals surface area contributed by atoms with Crippen molar-refractivity contribution in [3.63, 3.8) is 0 Å². The first kappa shape index (κ1) is 18.2. The van der Waals surface area contributed by atoms with Gasteiger partial charge in [-0.15, -0.1) is 0 Å². The summed E-state index contributed by atoms with van der Waals surface area (Å²) >= 11 is 0. The lowest BCUT2D eigenvalue weighted by atomic mass is 10.0.